The number of fused-ring (bicyclic) bond motifs is 1. The van der Waals surface area contributed by atoms with Crippen LogP contribution in [0, 0.1) is 18.6 Å². The van der Waals surface area contributed by atoms with Crippen LogP contribution in [0.2, 0.25) is 0 Å². The largest absolute Gasteiger partial charge is 0.422 e. The average molecular weight is 395 g/mol. The third-order valence-corrected chi connectivity index (χ3v) is 4.56. The van der Waals surface area contributed by atoms with Crippen molar-refractivity contribution in [2.45, 2.75) is 13.3 Å². The van der Waals surface area contributed by atoms with E-state index in [1.54, 1.807) is 19.1 Å². The van der Waals surface area contributed by atoms with Crippen molar-refractivity contribution in [3.63, 3.8) is 0 Å². The van der Waals surface area contributed by atoms with E-state index in [4.69, 9.17) is 14.9 Å². The highest BCUT2D eigenvalue weighted by atomic mass is 19.1. The lowest BCUT2D eigenvalue weighted by molar-refractivity contribution is 0.410. The Morgan fingerprint density at radius 2 is 1.90 bits per heavy atom. The zero-order valence-corrected chi connectivity index (χ0v) is 15.3. The number of aromatic nitrogens is 2. The molecule has 8 heteroatoms. The Bertz CT molecular complexity index is 1270. The molecule has 6 nitrogen and oxygen atoms in total. The van der Waals surface area contributed by atoms with E-state index >= 15 is 0 Å². The summed E-state index contributed by atoms with van der Waals surface area (Å²) in [5.41, 5.74) is 6.03. The first-order valence-corrected chi connectivity index (χ1v) is 8.67. The predicted molar refractivity (Wildman–Crippen MR) is 103 cm³/mol. The van der Waals surface area contributed by atoms with Crippen molar-refractivity contribution in [2.75, 3.05) is 5.73 Å². The van der Waals surface area contributed by atoms with Gasteiger partial charge in [0.1, 0.15) is 11.4 Å². The lowest BCUT2D eigenvalue weighted by Crippen LogP contribution is -2.12. The van der Waals surface area contributed by atoms with Crippen LogP contribution in [-0.4, -0.2) is 9.97 Å². The molecule has 2 N–H and O–H groups in total. The summed E-state index contributed by atoms with van der Waals surface area (Å²) in [6, 6.07) is 8.58. The summed E-state index contributed by atoms with van der Waals surface area (Å²) in [6.07, 6.45) is 2.87. The molecular formula is C21H15F2N3O3. The number of halogens is 2. The Hall–Kier alpha value is -3.81. The number of rotatable bonds is 4. The lowest BCUT2D eigenvalue weighted by Gasteiger charge is -2.11. The van der Waals surface area contributed by atoms with Crippen molar-refractivity contribution in [1.82, 2.24) is 9.97 Å². The second-order valence-electron chi connectivity index (χ2n) is 6.40. The van der Waals surface area contributed by atoms with E-state index in [1.165, 1.54) is 36.7 Å². The third kappa shape index (κ3) is 3.52. The van der Waals surface area contributed by atoms with Crippen molar-refractivity contribution in [1.29, 1.82) is 0 Å². The summed E-state index contributed by atoms with van der Waals surface area (Å²) in [5, 5.41) is 0.378. The molecule has 0 unspecified atom stereocenters. The van der Waals surface area contributed by atoms with Crippen molar-refractivity contribution in [3.05, 3.63) is 87.5 Å². The van der Waals surface area contributed by atoms with E-state index in [0.717, 1.165) is 0 Å². The van der Waals surface area contributed by atoms with Gasteiger partial charge in [0.2, 0.25) is 0 Å². The summed E-state index contributed by atoms with van der Waals surface area (Å²) in [4.78, 5) is 20.3. The highest BCUT2D eigenvalue weighted by Crippen LogP contribution is 2.30. The highest BCUT2D eigenvalue weighted by molar-refractivity contribution is 5.82. The molecular weight excluding hydrogens is 380 g/mol. The Kier molecular flexibility index (Phi) is 4.67. The van der Waals surface area contributed by atoms with Crippen molar-refractivity contribution in [3.8, 4) is 11.8 Å². The van der Waals surface area contributed by atoms with E-state index in [1.807, 2.05) is 0 Å². The number of benzene rings is 2. The molecule has 0 atom stereocenters. The molecule has 0 aliphatic rings. The average Bonchev–Trinajstić information content (AvgIpc) is 2.70. The number of nitrogen functional groups attached to an aromatic ring is 1. The summed E-state index contributed by atoms with van der Waals surface area (Å²) >= 11 is 0. The molecule has 0 radical (unpaired) electrons. The van der Waals surface area contributed by atoms with Crippen LogP contribution in [0.15, 0.2) is 58.0 Å². The number of hydrogen-bond donors (Lipinski definition) is 1. The van der Waals surface area contributed by atoms with Gasteiger partial charge in [-0.1, -0.05) is 12.1 Å². The van der Waals surface area contributed by atoms with E-state index in [9.17, 15) is 13.6 Å². The molecule has 0 saturated carbocycles. The number of aryl methyl sites for hydroxylation is 1. The zero-order chi connectivity index (χ0) is 20.5. The number of hydrogen-bond acceptors (Lipinski definition) is 6. The molecule has 0 fully saturated rings. The molecule has 2 aromatic carbocycles. The van der Waals surface area contributed by atoms with Gasteiger partial charge in [0.05, 0.1) is 5.69 Å². The van der Waals surface area contributed by atoms with Gasteiger partial charge in [-0.25, -0.2) is 23.5 Å². The van der Waals surface area contributed by atoms with Crippen molar-refractivity contribution in [2.24, 2.45) is 0 Å². The minimum absolute atomic E-state index is 0.0127. The fourth-order valence-corrected chi connectivity index (χ4v) is 3.04. The van der Waals surface area contributed by atoms with Crippen LogP contribution in [0.1, 0.15) is 16.7 Å². The summed E-state index contributed by atoms with van der Waals surface area (Å²) < 4.78 is 39.5. The van der Waals surface area contributed by atoms with Crippen LogP contribution in [-0.2, 0) is 6.42 Å². The molecule has 0 bridgehead atoms. The van der Waals surface area contributed by atoms with E-state index in [0.29, 0.717) is 10.9 Å². The van der Waals surface area contributed by atoms with Gasteiger partial charge in [-0.3, -0.25) is 0 Å². The second kappa shape index (κ2) is 7.31. The van der Waals surface area contributed by atoms with Crippen LogP contribution in [0.5, 0.6) is 11.8 Å². The molecule has 146 valence electrons. The standard InChI is InChI=1S/C21H15F2N3O3/c1-11-13-9-15(22)18(29-21-25-6-3-7-26-21)10-17(13)28-20(27)14(11)8-12-4-2-5-16(24)19(12)23/h2-7,9-10H,8,24H2,1H3. The van der Waals surface area contributed by atoms with Crippen LogP contribution in [0.3, 0.4) is 0 Å². The molecule has 4 aromatic rings. The van der Waals surface area contributed by atoms with Crippen LogP contribution in [0.25, 0.3) is 11.0 Å². The third-order valence-electron chi connectivity index (χ3n) is 4.56. The Morgan fingerprint density at radius 1 is 1.14 bits per heavy atom. The Balaban J connectivity index is 1.78. The van der Waals surface area contributed by atoms with E-state index < -0.39 is 17.3 Å². The number of nitrogens with two attached hydrogens (primary N) is 1. The molecule has 0 amide bonds. The van der Waals surface area contributed by atoms with Gasteiger partial charge in [-0.2, -0.15) is 0 Å². The minimum atomic E-state index is -0.678. The van der Waals surface area contributed by atoms with Crippen molar-refractivity contribution >= 4 is 16.7 Å². The molecule has 29 heavy (non-hydrogen) atoms. The van der Waals surface area contributed by atoms with Gasteiger partial charge in [0.25, 0.3) is 0 Å². The maximum absolute atomic E-state index is 14.6. The van der Waals surface area contributed by atoms with Gasteiger partial charge < -0.3 is 14.9 Å². The highest BCUT2D eigenvalue weighted by Gasteiger charge is 2.18. The van der Waals surface area contributed by atoms with Gasteiger partial charge >= 0.3 is 11.6 Å². The topological polar surface area (TPSA) is 91.2 Å². The molecule has 0 aliphatic carbocycles. The van der Waals surface area contributed by atoms with Crippen LogP contribution >= 0.6 is 0 Å². The first-order valence-electron chi connectivity index (χ1n) is 8.67. The maximum Gasteiger partial charge on any atom is 0.340 e. The van der Waals surface area contributed by atoms with Crippen molar-refractivity contribution < 1.29 is 17.9 Å². The molecule has 2 heterocycles. The number of anilines is 1. The molecule has 4 rings (SSSR count). The monoisotopic (exact) mass is 395 g/mol. The number of ether oxygens (including phenoxy) is 1. The molecule has 0 saturated heterocycles. The van der Waals surface area contributed by atoms with Gasteiger partial charge in [-0.05, 0) is 36.2 Å². The summed E-state index contributed by atoms with van der Waals surface area (Å²) in [6.45, 7) is 1.65. The van der Waals surface area contributed by atoms with Gasteiger partial charge in [-0.15, -0.1) is 0 Å². The lowest BCUT2D eigenvalue weighted by atomic mass is 9.99. The summed E-state index contributed by atoms with van der Waals surface area (Å²) in [5.74, 6) is -1.45. The first kappa shape index (κ1) is 18.5. The molecule has 0 spiro atoms. The van der Waals surface area contributed by atoms with Crippen LogP contribution in [0.4, 0.5) is 14.5 Å². The normalized spacial score (nSPS) is 11.0. The zero-order valence-electron chi connectivity index (χ0n) is 15.3. The summed E-state index contributed by atoms with van der Waals surface area (Å²) in [7, 11) is 0. The molecule has 0 aliphatic heterocycles. The quantitative estimate of drug-likeness (QED) is 0.413. The first-order chi connectivity index (χ1) is 13.9. The SMILES string of the molecule is Cc1c(Cc2cccc(N)c2F)c(=O)oc2cc(Oc3ncccn3)c(F)cc12. The maximum atomic E-state index is 14.6. The van der Waals surface area contributed by atoms with Gasteiger partial charge in [0.15, 0.2) is 11.6 Å². The molecule has 2 aromatic heterocycles. The second-order valence-corrected chi connectivity index (χ2v) is 6.40. The minimum Gasteiger partial charge on any atom is -0.422 e. The Morgan fingerprint density at radius 3 is 2.66 bits per heavy atom. The predicted octanol–water partition coefficient (Wildman–Crippen LogP) is 4.13. The van der Waals surface area contributed by atoms with Crippen LogP contribution < -0.4 is 16.1 Å². The van der Waals surface area contributed by atoms with E-state index in [2.05, 4.69) is 9.97 Å². The fourth-order valence-electron chi connectivity index (χ4n) is 3.04. The van der Waals surface area contributed by atoms with Gasteiger partial charge in [0, 0.05) is 35.8 Å². The fraction of sp³-hybridized carbons (Fsp3) is 0.0952. The Labute approximate surface area is 163 Å². The number of nitrogens with zero attached hydrogens (tertiary/aromatic N) is 2. The van der Waals surface area contributed by atoms with E-state index in [-0.39, 0.29) is 40.6 Å². The smallest absolute Gasteiger partial charge is 0.340 e.